The third-order valence-corrected chi connectivity index (χ3v) is 2.89. The fraction of sp³-hybridized carbons (Fsp3) is 0.500. The second-order valence-corrected chi connectivity index (χ2v) is 5.61. The average molecular weight is 233 g/mol. The SMILES string of the molecule is CC(C)(C)CCN1C(=O)COc2ccccc21. The molecule has 1 aliphatic rings. The number of benzene rings is 1. The van der Waals surface area contributed by atoms with Crippen LogP contribution in [-0.4, -0.2) is 19.1 Å². The molecule has 0 aliphatic carbocycles. The predicted octanol–water partition coefficient (Wildman–Crippen LogP) is 2.85. The number of rotatable bonds is 2. The van der Waals surface area contributed by atoms with E-state index >= 15 is 0 Å². The second-order valence-electron chi connectivity index (χ2n) is 5.61. The van der Waals surface area contributed by atoms with Crippen molar-refractivity contribution in [2.75, 3.05) is 18.1 Å². The fourth-order valence-corrected chi connectivity index (χ4v) is 1.85. The normalized spacial score (nSPS) is 15.5. The van der Waals surface area contributed by atoms with E-state index in [0.717, 1.165) is 24.4 Å². The number of carbonyl (C=O) groups excluding carboxylic acids is 1. The Morgan fingerprint density at radius 3 is 2.71 bits per heavy atom. The highest BCUT2D eigenvalue weighted by Gasteiger charge is 2.26. The summed E-state index contributed by atoms with van der Waals surface area (Å²) in [6.45, 7) is 7.46. The molecule has 0 spiro atoms. The van der Waals surface area contributed by atoms with Crippen molar-refractivity contribution in [2.24, 2.45) is 5.41 Å². The molecule has 92 valence electrons. The molecule has 0 aromatic heterocycles. The first kappa shape index (κ1) is 12.0. The van der Waals surface area contributed by atoms with Crippen molar-refractivity contribution >= 4 is 11.6 Å². The van der Waals surface area contributed by atoms with Gasteiger partial charge in [0.05, 0.1) is 5.69 Å². The molecule has 1 aromatic rings. The van der Waals surface area contributed by atoms with Gasteiger partial charge in [0.25, 0.3) is 5.91 Å². The lowest BCUT2D eigenvalue weighted by molar-refractivity contribution is -0.121. The number of nitrogens with zero attached hydrogens (tertiary/aromatic N) is 1. The zero-order valence-corrected chi connectivity index (χ0v) is 10.7. The molecular formula is C14H19NO2. The lowest BCUT2D eigenvalue weighted by atomic mass is 9.92. The Morgan fingerprint density at radius 2 is 2.00 bits per heavy atom. The van der Waals surface area contributed by atoms with E-state index in [-0.39, 0.29) is 17.9 Å². The molecule has 3 nitrogen and oxygen atoms in total. The highest BCUT2D eigenvalue weighted by molar-refractivity contribution is 5.97. The minimum atomic E-state index is 0.0490. The summed E-state index contributed by atoms with van der Waals surface area (Å²) < 4.78 is 5.41. The van der Waals surface area contributed by atoms with Crippen molar-refractivity contribution in [2.45, 2.75) is 27.2 Å². The maximum atomic E-state index is 11.9. The summed E-state index contributed by atoms with van der Waals surface area (Å²) >= 11 is 0. The van der Waals surface area contributed by atoms with Crippen LogP contribution >= 0.6 is 0 Å². The molecule has 0 atom stereocenters. The topological polar surface area (TPSA) is 29.5 Å². The molecule has 1 aliphatic heterocycles. The Kier molecular flexibility index (Phi) is 3.09. The van der Waals surface area contributed by atoms with Crippen LogP contribution in [0, 0.1) is 5.41 Å². The first-order chi connectivity index (χ1) is 7.97. The molecule has 0 saturated heterocycles. The van der Waals surface area contributed by atoms with Gasteiger partial charge in [-0.25, -0.2) is 0 Å². The van der Waals surface area contributed by atoms with Crippen molar-refractivity contribution in [3.05, 3.63) is 24.3 Å². The standard InChI is InChI=1S/C14H19NO2/c1-14(2,3)8-9-15-11-6-4-5-7-12(11)17-10-13(15)16/h4-7H,8-10H2,1-3H3. The minimum absolute atomic E-state index is 0.0490. The van der Waals surface area contributed by atoms with Gasteiger partial charge in [0, 0.05) is 6.54 Å². The van der Waals surface area contributed by atoms with E-state index in [2.05, 4.69) is 20.8 Å². The number of fused-ring (bicyclic) bond motifs is 1. The van der Waals surface area contributed by atoms with Crippen LogP contribution in [0.25, 0.3) is 0 Å². The number of hydrogen-bond acceptors (Lipinski definition) is 2. The van der Waals surface area contributed by atoms with Gasteiger partial charge >= 0.3 is 0 Å². The van der Waals surface area contributed by atoms with Gasteiger partial charge in [-0.3, -0.25) is 4.79 Å². The number of hydrogen-bond donors (Lipinski definition) is 0. The van der Waals surface area contributed by atoms with Crippen molar-refractivity contribution in [3.8, 4) is 5.75 Å². The number of ether oxygens (including phenoxy) is 1. The Labute approximate surface area is 102 Å². The lowest BCUT2D eigenvalue weighted by Gasteiger charge is -2.31. The Bertz CT molecular complexity index is 420. The Morgan fingerprint density at radius 1 is 1.29 bits per heavy atom. The molecule has 0 N–H and O–H groups in total. The summed E-state index contributed by atoms with van der Waals surface area (Å²) in [7, 11) is 0. The van der Waals surface area contributed by atoms with Gasteiger partial charge in [0.1, 0.15) is 5.75 Å². The van der Waals surface area contributed by atoms with Crippen LogP contribution in [-0.2, 0) is 4.79 Å². The van der Waals surface area contributed by atoms with Crippen molar-refractivity contribution in [1.29, 1.82) is 0 Å². The molecule has 0 radical (unpaired) electrons. The summed E-state index contributed by atoms with van der Waals surface area (Å²) in [6.07, 6.45) is 0.979. The van der Waals surface area contributed by atoms with Crippen LogP contribution in [0.4, 0.5) is 5.69 Å². The maximum absolute atomic E-state index is 11.9. The van der Waals surface area contributed by atoms with E-state index in [1.54, 1.807) is 0 Å². The molecule has 1 aromatic carbocycles. The van der Waals surface area contributed by atoms with Gasteiger partial charge in [-0.05, 0) is 24.0 Å². The molecule has 3 heteroatoms. The highest BCUT2D eigenvalue weighted by Crippen LogP contribution is 2.32. The summed E-state index contributed by atoms with van der Waals surface area (Å²) in [5, 5.41) is 0. The number of carbonyl (C=O) groups is 1. The molecular weight excluding hydrogens is 214 g/mol. The van der Waals surface area contributed by atoms with Crippen LogP contribution in [0.1, 0.15) is 27.2 Å². The monoisotopic (exact) mass is 233 g/mol. The molecule has 1 heterocycles. The number of para-hydroxylation sites is 2. The van der Waals surface area contributed by atoms with E-state index in [1.807, 2.05) is 29.2 Å². The van der Waals surface area contributed by atoms with Crippen molar-refractivity contribution in [3.63, 3.8) is 0 Å². The van der Waals surface area contributed by atoms with Crippen LogP contribution in [0.2, 0.25) is 0 Å². The first-order valence-corrected chi connectivity index (χ1v) is 5.99. The first-order valence-electron chi connectivity index (χ1n) is 5.99. The maximum Gasteiger partial charge on any atom is 0.265 e. The number of anilines is 1. The van der Waals surface area contributed by atoms with E-state index in [0.29, 0.717) is 0 Å². The lowest BCUT2D eigenvalue weighted by Crippen LogP contribution is -2.40. The van der Waals surface area contributed by atoms with Crippen LogP contribution in [0.3, 0.4) is 0 Å². The van der Waals surface area contributed by atoms with E-state index in [1.165, 1.54) is 0 Å². The molecule has 17 heavy (non-hydrogen) atoms. The second kappa shape index (κ2) is 4.40. The van der Waals surface area contributed by atoms with Gasteiger partial charge in [-0.15, -0.1) is 0 Å². The van der Waals surface area contributed by atoms with Crippen molar-refractivity contribution < 1.29 is 9.53 Å². The summed E-state index contributed by atoms with van der Waals surface area (Å²) in [5.74, 6) is 0.856. The molecule has 0 bridgehead atoms. The third-order valence-electron chi connectivity index (χ3n) is 2.89. The predicted molar refractivity (Wildman–Crippen MR) is 68.4 cm³/mol. The van der Waals surface area contributed by atoms with Gasteiger partial charge in [0.15, 0.2) is 6.61 Å². The molecule has 0 unspecified atom stereocenters. The zero-order valence-electron chi connectivity index (χ0n) is 10.7. The summed E-state index contributed by atoms with van der Waals surface area (Å²) in [6, 6.07) is 7.71. The van der Waals surface area contributed by atoms with E-state index < -0.39 is 0 Å². The molecule has 0 saturated carbocycles. The molecule has 1 amide bonds. The van der Waals surface area contributed by atoms with Gasteiger partial charge in [-0.1, -0.05) is 32.9 Å². The summed E-state index contributed by atoms with van der Waals surface area (Å²) in [5.41, 5.74) is 1.13. The van der Waals surface area contributed by atoms with Gasteiger partial charge in [-0.2, -0.15) is 0 Å². The number of amides is 1. The zero-order chi connectivity index (χ0) is 12.5. The van der Waals surface area contributed by atoms with Crippen LogP contribution < -0.4 is 9.64 Å². The highest BCUT2D eigenvalue weighted by atomic mass is 16.5. The molecule has 0 fully saturated rings. The smallest absolute Gasteiger partial charge is 0.265 e. The minimum Gasteiger partial charge on any atom is -0.482 e. The van der Waals surface area contributed by atoms with Gasteiger partial charge in [0.2, 0.25) is 0 Å². The van der Waals surface area contributed by atoms with Crippen molar-refractivity contribution in [1.82, 2.24) is 0 Å². The Hall–Kier alpha value is -1.51. The third kappa shape index (κ3) is 2.78. The molecule has 2 rings (SSSR count). The average Bonchev–Trinajstić information content (AvgIpc) is 2.26. The van der Waals surface area contributed by atoms with Gasteiger partial charge < -0.3 is 9.64 Å². The van der Waals surface area contributed by atoms with E-state index in [4.69, 9.17) is 4.74 Å². The van der Waals surface area contributed by atoms with Crippen LogP contribution in [0.5, 0.6) is 5.75 Å². The Balaban J connectivity index is 2.18. The quantitative estimate of drug-likeness (QED) is 0.786. The fourth-order valence-electron chi connectivity index (χ4n) is 1.85. The largest absolute Gasteiger partial charge is 0.482 e. The summed E-state index contributed by atoms with van der Waals surface area (Å²) in [4.78, 5) is 13.7. The van der Waals surface area contributed by atoms with E-state index in [9.17, 15) is 4.79 Å². The van der Waals surface area contributed by atoms with Crippen LogP contribution in [0.15, 0.2) is 24.3 Å².